The maximum absolute atomic E-state index is 10.6. The largest absolute Gasteiger partial charge is 0.338 e. The van der Waals surface area contributed by atoms with Crippen LogP contribution in [0.5, 0.6) is 0 Å². The van der Waals surface area contributed by atoms with Crippen LogP contribution in [0.2, 0.25) is 0 Å². The number of benzene rings is 1. The van der Waals surface area contributed by atoms with E-state index in [1.165, 1.54) is 6.07 Å². The Balaban J connectivity index is 0.000000199. The third-order valence-corrected chi connectivity index (χ3v) is 3.31. The summed E-state index contributed by atoms with van der Waals surface area (Å²) >= 11 is 0. The van der Waals surface area contributed by atoms with Crippen LogP contribution >= 0.6 is 0 Å². The molecule has 1 aromatic carbocycles. The van der Waals surface area contributed by atoms with E-state index in [1.54, 1.807) is 37.6 Å². The van der Waals surface area contributed by atoms with E-state index in [0.29, 0.717) is 5.56 Å². The van der Waals surface area contributed by atoms with Gasteiger partial charge in [0.2, 0.25) is 0 Å². The summed E-state index contributed by atoms with van der Waals surface area (Å²) in [6.45, 7) is 4.73. The van der Waals surface area contributed by atoms with Crippen LogP contribution in [0, 0.1) is 6.92 Å². The van der Waals surface area contributed by atoms with Gasteiger partial charge in [0.15, 0.2) is 0 Å². The van der Waals surface area contributed by atoms with Crippen LogP contribution in [0.15, 0.2) is 47.9 Å². The maximum atomic E-state index is 10.6. The lowest BCUT2D eigenvalue weighted by Crippen LogP contribution is -1.99. The molecule has 0 atom stereocenters. The fourth-order valence-corrected chi connectivity index (χ4v) is 2.05. The van der Waals surface area contributed by atoms with Crippen LogP contribution in [0.4, 0.5) is 0 Å². The molecule has 5 nitrogen and oxygen atoms in total. The third kappa shape index (κ3) is 4.31. The molecule has 98 valence electrons. The first-order chi connectivity index (χ1) is 8.45. The van der Waals surface area contributed by atoms with Gasteiger partial charge < -0.3 is 4.57 Å². The first-order valence-corrected chi connectivity index (χ1v) is 6.88. The second-order valence-electron chi connectivity index (χ2n) is 3.63. The van der Waals surface area contributed by atoms with Gasteiger partial charge in [-0.05, 0) is 25.5 Å². The van der Waals surface area contributed by atoms with Crippen LogP contribution < -0.4 is 0 Å². The van der Waals surface area contributed by atoms with Crippen LogP contribution in [0.3, 0.4) is 0 Å². The molecule has 2 aromatic rings. The predicted molar refractivity (Wildman–Crippen MR) is 68.9 cm³/mol. The van der Waals surface area contributed by atoms with Gasteiger partial charge in [-0.15, -0.1) is 0 Å². The zero-order valence-corrected chi connectivity index (χ0v) is 11.1. The summed E-state index contributed by atoms with van der Waals surface area (Å²) in [5.74, 6) is 0. The Morgan fingerprint density at radius 2 is 2.00 bits per heavy atom. The Morgan fingerprint density at radius 3 is 2.33 bits per heavy atom. The van der Waals surface area contributed by atoms with E-state index < -0.39 is 10.1 Å². The van der Waals surface area contributed by atoms with Crippen molar-refractivity contribution in [2.24, 2.45) is 0 Å². The van der Waals surface area contributed by atoms with Gasteiger partial charge >= 0.3 is 0 Å². The van der Waals surface area contributed by atoms with Crippen molar-refractivity contribution in [2.45, 2.75) is 25.3 Å². The number of rotatable bonds is 2. The van der Waals surface area contributed by atoms with E-state index in [1.807, 2.05) is 10.8 Å². The number of imidazole rings is 1. The molecule has 18 heavy (non-hydrogen) atoms. The zero-order chi connectivity index (χ0) is 13.6. The molecule has 0 bridgehead atoms. The molecular formula is C12H16N2O3S. The average molecular weight is 268 g/mol. The first kappa shape index (κ1) is 14.4. The average Bonchev–Trinajstić information content (AvgIpc) is 2.81. The lowest BCUT2D eigenvalue weighted by atomic mass is 10.2. The van der Waals surface area contributed by atoms with Gasteiger partial charge in [0, 0.05) is 18.9 Å². The molecule has 0 aliphatic carbocycles. The van der Waals surface area contributed by atoms with E-state index in [2.05, 4.69) is 11.9 Å². The number of nitrogens with zero attached hydrogens (tertiary/aromatic N) is 2. The SMILES string of the molecule is CCn1ccnc1.Cc1ccccc1S(=O)(=O)O. The number of aromatic nitrogens is 2. The van der Waals surface area contributed by atoms with E-state index in [-0.39, 0.29) is 4.90 Å². The highest BCUT2D eigenvalue weighted by atomic mass is 32.2. The van der Waals surface area contributed by atoms with Crippen molar-refractivity contribution in [3.05, 3.63) is 48.5 Å². The molecule has 0 radical (unpaired) electrons. The second kappa shape index (κ2) is 6.32. The highest BCUT2D eigenvalue weighted by Gasteiger charge is 2.10. The number of aryl methyl sites for hydroxylation is 2. The number of hydrogen-bond donors (Lipinski definition) is 1. The smallest absolute Gasteiger partial charge is 0.294 e. The molecule has 1 aromatic heterocycles. The van der Waals surface area contributed by atoms with Gasteiger partial charge in [0.1, 0.15) is 0 Å². The predicted octanol–water partition coefficient (Wildman–Crippen LogP) is 2.14. The lowest BCUT2D eigenvalue weighted by molar-refractivity contribution is 0.482. The van der Waals surface area contributed by atoms with E-state index in [4.69, 9.17) is 4.55 Å². The summed E-state index contributed by atoms with van der Waals surface area (Å²) in [4.78, 5) is 3.83. The molecule has 0 aliphatic heterocycles. The minimum atomic E-state index is -4.03. The van der Waals surface area contributed by atoms with Crippen molar-refractivity contribution < 1.29 is 13.0 Å². The molecule has 6 heteroatoms. The molecule has 1 N–H and O–H groups in total. The first-order valence-electron chi connectivity index (χ1n) is 5.44. The van der Waals surface area contributed by atoms with Gasteiger partial charge in [-0.1, -0.05) is 18.2 Å². The maximum Gasteiger partial charge on any atom is 0.294 e. The Hall–Kier alpha value is -1.66. The van der Waals surface area contributed by atoms with E-state index in [9.17, 15) is 8.42 Å². The van der Waals surface area contributed by atoms with Crippen LogP contribution in [-0.2, 0) is 16.7 Å². The molecule has 2 rings (SSSR count). The van der Waals surface area contributed by atoms with Gasteiger partial charge in [-0.2, -0.15) is 8.42 Å². The summed E-state index contributed by atoms with van der Waals surface area (Å²) in [6, 6.07) is 6.27. The van der Waals surface area contributed by atoms with Crippen molar-refractivity contribution in [2.75, 3.05) is 0 Å². The van der Waals surface area contributed by atoms with E-state index >= 15 is 0 Å². The molecular weight excluding hydrogens is 252 g/mol. The Morgan fingerprint density at radius 1 is 1.33 bits per heavy atom. The zero-order valence-electron chi connectivity index (χ0n) is 10.3. The topological polar surface area (TPSA) is 72.2 Å². The normalized spacial score (nSPS) is 10.6. The van der Waals surface area contributed by atoms with Crippen molar-refractivity contribution in [1.82, 2.24) is 9.55 Å². The second-order valence-corrected chi connectivity index (χ2v) is 5.02. The van der Waals surface area contributed by atoms with Gasteiger partial charge in [-0.25, -0.2) is 4.98 Å². The van der Waals surface area contributed by atoms with Gasteiger partial charge in [0.05, 0.1) is 11.2 Å². The Bertz CT molecular complexity index is 577. The van der Waals surface area contributed by atoms with Crippen molar-refractivity contribution in [1.29, 1.82) is 0 Å². The summed E-state index contributed by atoms with van der Waals surface area (Å²) in [6.07, 6.45) is 5.53. The van der Waals surface area contributed by atoms with Crippen LogP contribution in [0.1, 0.15) is 12.5 Å². The molecule has 0 saturated heterocycles. The molecule has 0 unspecified atom stereocenters. The highest BCUT2D eigenvalue weighted by molar-refractivity contribution is 7.85. The highest BCUT2D eigenvalue weighted by Crippen LogP contribution is 2.12. The minimum absolute atomic E-state index is 0.0278. The summed E-state index contributed by atoms with van der Waals surface area (Å²) < 4.78 is 31.9. The number of hydrogen-bond acceptors (Lipinski definition) is 3. The lowest BCUT2D eigenvalue weighted by Gasteiger charge is -1.99. The molecule has 0 fully saturated rings. The van der Waals surface area contributed by atoms with Gasteiger partial charge in [0.25, 0.3) is 10.1 Å². The molecule has 0 aliphatic rings. The van der Waals surface area contributed by atoms with E-state index in [0.717, 1.165) is 6.54 Å². The Kier molecular flexibility index (Phi) is 5.06. The molecule has 0 saturated carbocycles. The van der Waals surface area contributed by atoms with Crippen molar-refractivity contribution >= 4 is 10.1 Å². The Labute approximate surface area is 107 Å². The summed E-state index contributed by atoms with van der Waals surface area (Å²) in [5.41, 5.74) is 0.551. The molecule has 0 spiro atoms. The monoisotopic (exact) mass is 268 g/mol. The van der Waals surface area contributed by atoms with Crippen LogP contribution in [-0.4, -0.2) is 22.5 Å². The molecule has 0 amide bonds. The standard InChI is InChI=1S/C7H8O3S.C5H8N2/c1-6-4-2-3-5-7(6)11(8,9)10;1-2-7-4-3-6-5-7/h2-5H,1H3,(H,8,9,10);3-5H,2H2,1H3. The summed E-state index contributed by atoms with van der Waals surface area (Å²) in [7, 11) is -4.03. The van der Waals surface area contributed by atoms with Crippen LogP contribution in [0.25, 0.3) is 0 Å². The fraction of sp³-hybridized carbons (Fsp3) is 0.250. The quantitative estimate of drug-likeness (QED) is 0.847. The summed E-state index contributed by atoms with van der Waals surface area (Å²) in [5, 5.41) is 0. The van der Waals surface area contributed by atoms with Crippen molar-refractivity contribution in [3.8, 4) is 0 Å². The third-order valence-electron chi connectivity index (χ3n) is 2.30. The minimum Gasteiger partial charge on any atom is -0.338 e. The molecule has 1 heterocycles. The van der Waals surface area contributed by atoms with Gasteiger partial charge in [-0.3, -0.25) is 4.55 Å². The van der Waals surface area contributed by atoms with Crippen molar-refractivity contribution in [3.63, 3.8) is 0 Å². The fourth-order valence-electron chi connectivity index (χ4n) is 1.32.